The van der Waals surface area contributed by atoms with E-state index in [1.807, 2.05) is 6.92 Å². The molecule has 0 heterocycles. The van der Waals surface area contributed by atoms with Crippen molar-refractivity contribution in [2.75, 3.05) is 6.61 Å². The summed E-state index contributed by atoms with van der Waals surface area (Å²) in [4.78, 5) is 0. The summed E-state index contributed by atoms with van der Waals surface area (Å²) in [5.74, 6) is 0. The van der Waals surface area contributed by atoms with Crippen LogP contribution in [-0.4, -0.2) is 25.5 Å². The van der Waals surface area contributed by atoms with Crippen LogP contribution in [-0.2, 0) is 4.43 Å². The summed E-state index contributed by atoms with van der Waals surface area (Å²) in [5.41, 5.74) is 0. The lowest BCUT2D eigenvalue weighted by molar-refractivity contribution is 0.375. The Bertz CT molecular complexity index is 11.6. The van der Waals surface area contributed by atoms with E-state index < -0.39 is 0 Å². The molecule has 0 radical (unpaired) electrons. The van der Waals surface area contributed by atoms with E-state index in [-0.39, 0.29) is 8.41 Å². The van der Waals surface area contributed by atoms with Gasteiger partial charge in [0.15, 0.2) is 0 Å². The van der Waals surface area contributed by atoms with Crippen LogP contribution >= 0.6 is 0 Å². The van der Waals surface area contributed by atoms with Gasteiger partial charge in [-0.15, -0.1) is 0 Å². The standard InChI is InChI=1S/C2H8OSi.BH3/c1-2-3-4;/h2H2,1,4H3;1H3. The molecule has 0 atom stereocenters. The van der Waals surface area contributed by atoms with Crippen molar-refractivity contribution in [3.63, 3.8) is 0 Å². The Morgan fingerprint density at radius 1 is 1.80 bits per heavy atom. The van der Waals surface area contributed by atoms with Gasteiger partial charge in [0.2, 0.25) is 0 Å². The molecule has 0 aromatic carbocycles. The van der Waals surface area contributed by atoms with Crippen LogP contribution < -0.4 is 0 Å². The van der Waals surface area contributed by atoms with Crippen LogP contribution in [0.15, 0.2) is 0 Å². The monoisotopic (exact) mass is 90.1 g/mol. The van der Waals surface area contributed by atoms with Gasteiger partial charge in [0.1, 0.15) is 10.5 Å². The van der Waals surface area contributed by atoms with Gasteiger partial charge in [-0.05, 0) is 6.92 Å². The van der Waals surface area contributed by atoms with Gasteiger partial charge in [-0.2, -0.15) is 0 Å². The van der Waals surface area contributed by atoms with Crippen LogP contribution in [0.1, 0.15) is 6.92 Å². The van der Waals surface area contributed by atoms with E-state index in [1.54, 1.807) is 0 Å². The zero-order chi connectivity index (χ0) is 3.41. The van der Waals surface area contributed by atoms with Crippen LogP contribution in [0.3, 0.4) is 0 Å². The van der Waals surface area contributed by atoms with Crippen LogP contribution in [0, 0.1) is 0 Å². The molecule has 32 valence electrons. The molecule has 0 aromatic rings. The molecule has 0 aliphatic heterocycles. The third-order valence-electron chi connectivity index (χ3n) is 0.289. The second-order valence-corrected chi connectivity index (χ2v) is 1.15. The summed E-state index contributed by atoms with van der Waals surface area (Å²) < 4.78 is 4.68. The first-order valence-corrected chi connectivity index (χ1v) is 2.22. The molecular formula is C2H11BOSi. The van der Waals surface area contributed by atoms with E-state index in [0.717, 1.165) is 17.1 Å². The highest BCUT2D eigenvalue weighted by atomic mass is 28.2. The Hall–Kier alpha value is 0.242. The van der Waals surface area contributed by atoms with Gasteiger partial charge in [0, 0.05) is 6.61 Å². The molecule has 0 amide bonds. The van der Waals surface area contributed by atoms with Gasteiger partial charge >= 0.3 is 0 Å². The highest BCUT2D eigenvalue weighted by Gasteiger charge is 1.51. The fourth-order valence-corrected chi connectivity index (χ4v) is 0. The smallest absolute Gasteiger partial charge is 0.145 e. The van der Waals surface area contributed by atoms with Crippen molar-refractivity contribution in [2.45, 2.75) is 6.92 Å². The third kappa shape index (κ3) is 13.8. The summed E-state index contributed by atoms with van der Waals surface area (Å²) in [6.07, 6.45) is 0. The SMILES string of the molecule is B.CCO[SiH3]. The van der Waals surface area contributed by atoms with Gasteiger partial charge in [-0.3, -0.25) is 0 Å². The van der Waals surface area contributed by atoms with E-state index in [4.69, 9.17) is 0 Å². The molecule has 0 saturated carbocycles. The maximum Gasteiger partial charge on any atom is 0.145 e. The topological polar surface area (TPSA) is 9.23 Å². The lowest BCUT2D eigenvalue weighted by Crippen LogP contribution is -1.76. The Balaban J connectivity index is 0. The van der Waals surface area contributed by atoms with Gasteiger partial charge in [0.25, 0.3) is 0 Å². The molecule has 5 heavy (non-hydrogen) atoms. The summed E-state index contributed by atoms with van der Waals surface area (Å²) in [6, 6.07) is 0. The molecule has 0 aliphatic rings. The molecule has 0 bridgehead atoms. The first-order valence-electron chi connectivity index (χ1n) is 1.40. The maximum absolute atomic E-state index is 4.68. The third-order valence-corrected chi connectivity index (χ3v) is 0.866. The zero-order valence-electron chi connectivity index (χ0n) is 3.12. The van der Waals surface area contributed by atoms with E-state index in [0.29, 0.717) is 0 Å². The van der Waals surface area contributed by atoms with E-state index in [1.165, 1.54) is 0 Å². The van der Waals surface area contributed by atoms with Gasteiger partial charge in [-0.1, -0.05) is 0 Å². The van der Waals surface area contributed by atoms with Crippen molar-refractivity contribution in [3.05, 3.63) is 0 Å². The number of rotatable bonds is 1. The first kappa shape index (κ1) is 8.97. The molecule has 0 aromatic heterocycles. The normalized spacial score (nSPS) is 6.60. The van der Waals surface area contributed by atoms with E-state index in [2.05, 4.69) is 4.43 Å². The summed E-state index contributed by atoms with van der Waals surface area (Å²) in [6.45, 7) is 2.87. The fraction of sp³-hybridized carbons (Fsp3) is 1.00. The predicted molar refractivity (Wildman–Crippen MR) is 31.5 cm³/mol. The average Bonchev–Trinajstić information content (AvgIpc) is 1.37. The molecule has 0 saturated heterocycles. The lowest BCUT2D eigenvalue weighted by atomic mass is 10.8. The fourth-order valence-electron chi connectivity index (χ4n) is 0. The van der Waals surface area contributed by atoms with Crippen LogP contribution in [0.25, 0.3) is 0 Å². The van der Waals surface area contributed by atoms with Gasteiger partial charge in [0.05, 0.1) is 8.41 Å². The Morgan fingerprint density at radius 3 is 2.00 bits per heavy atom. The molecule has 0 N–H and O–H groups in total. The lowest BCUT2D eigenvalue weighted by Gasteiger charge is -1.77. The van der Waals surface area contributed by atoms with Crippen LogP contribution in [0.2, 0.25) is 0 Å². The van der Waals surface area contributed by atoms with E-state index >= 15 is 0 Å². The Kier molecular flexibility index (Phi) is 15.9. The predicted octanol–water partition coefficient (Wildman–Crippen LogP) is -1.88. The van der Waals surface area contributed by atoms with Gasteiger partial charge < -0.3 is 4.43 Å². The molecule has 0 spiro atoms. The molecular weight excluding hydrogens is 78.9 g/mol. The Labute approximate surface area is 37.8 Å². The van der Waals surface area contributed by atoms with Crippen molar-refractivity contribution in [1.82, 2.24) is 0 Å². The largest absolute Gasteiger partial charge is 0.428 e. The van der Waals surface area contributed by atoms with Crippen molar-refractivity contribution < 1.29 is 4.43 Å². The number of hydrogen-bond donors (Lipinski definition) is 0. The minimum Gasteiger partial charge on any atom is -0.428 e. The summed E-state index contributed by atoms with van der Waals surface area (Å²) in [7, 11) is 0.890. The molecule has 0 aliphatic carbocycles. The molecule has 3 heteroatoms. The van der Waals surface area contributed by atoms with Crippen molar-refractivity contribution in [3.8, 4) is 0 Å². The number of hydrogen-bond acceptors (Lipinski definition) is 1. The maximum atomic E-state index is 4.68. The first-order chi connectivity index (χ1) is 1.91. The second kappa shape index (κ2) is 8.87. The zero-order valence-corrected chi connectivity index (χ0v) is 5.12. The van der Waals surface area contributed by atoms with Crippen LogP contribution in [0.5, 0.6) is 0 Å². The van der Waals surface area contributed by atoms with E-state index in [9.17, 15) is 0 Å². The molecule has 0 unspecified atom stereocenters. The molecule has 0 rings (SSSR count). The molecule has 0 fully saturated rings. The van der Waals surface area contributed by atoms with Crippen LogP contribution in [0.4, 0.5) is 0 Å². The second-order valence-electron chi connectivity index (χ2n) is 0.577. The minimum absolute atomic E-state index is 0. The highest BCUT2D eigenvalue weighted by molar-refractivity contribution is 5.97. The van der Waals surface area contributed by atoms with Gasteiger partial charge in [-0.25, -0.2) is 0 Å². The summed E-state index contributed by atoms with van der Waals surface area (Å²) in [5, 5.41) is 0. The quantitative estimate of drug-likeness (QED) is 0.342. The molecule has 1 nitrogen and oxygen atoms in total. The summed E-state index contributed by atoms with van der Waals surface area (Å²) >= 11 is 0. The highest BCUT2D eigenvalue weighted by Crippen LogP contribution is 1.50. The Morgan fingerprint density at radius 2 is 2.00 bits per heavy atom. The van der Waals surface area contributed by atoms with Crippen molar-refractivity contribution >= 4 is 18.9 Å². The average molecular weight is 90.0 g/mol. The minimum atomic E-state index is 0. The van der Waals surface area contributed by atoms with Crippen molar-refractivity contribution in [2.24, 2.45) is 0 Å². The van der Waals surface area contributed by atoms with Crippen molar-refractivity contribution in [1.29, 1.82) is 0 Å².